The molecule has 6 aromatic rings. The maximum atomic E-state index is 5.37. The lowest BCUT2D eigenvalue weighted by atomic mass is 9.74. The van der Waals surface area contributed by atoms with Crippen LogP contribution in [0.3, 0.4) is 0 Å². The molecule has 0 atom stereocenters. The van der Waals surface area contributed by atoms with Crippen molar-refractivity contribution in [1.29, 1.82) is 0 Å². The summed E-state index contributed by atoms with van der Waals surface area (Å²) < 4.78 is 0. The van der Waals surface area contributed by atoms with Gasteiger partial charge in [0.2, 0.25) is 0 Å². The van der Waals surface area contributed by atoms with Gasteiger partial charge in [-0.15, -0.1) is 0 Å². The van der Waals surface area contributed by atoms with Gasteiger partial charge in [-0.3, -0.25) is 0 Å². The maximum Gasteiger partial charge on any atom is 0.144 e. The molecule has 0 amide bonds. The summed E-state index contributed by atoms with van der Waals surface area (Å²) in [6.45, 7) is 0. The van der Waals surface area contributed by atoms with E-state index in [1.54, 1.807) is 0 Å². The average molecular weight is 499 g/mol. The Morgan fingerprint density at radius 2 is 0.897 bits per heavy atom. The first-order valence-corrected chi connectivity index (χ1v) is 13.6. The van der Waals surface area contributed by atoms with Crippen molar-refractivity contribution >= 4 is 0 Å². The van der Waals surface area contributed by atoms with Crippen LogP contribution in [0, 0.1) is 0 Å². The van der Waals surface area contributed by atoms with E-state index in [9.17, 15) is 0 Å². The first-order chi connectivity index (χ1) is 19.3. The average Bonchev–Trinajstić information content (AvgIpc) is 3.56. The fourth-order valence-corrected chi connectivity index (χ4v) is 6.78. The molecular formula is C37H26N2. The smallest absolute Gasteiger partial charge is 0.144 e. The Hall–Kier alpha value is -4.82. The van der Waals surface area contributed by atoms with Gasteiger partial charge in [-0.2, -0.15) is 0 Å². The lowest BCUT2D eigenvalue weighted by Gasteiger charge is -2.30. The highest BCUT2D eigenvalue weighted by Crippen LogP contribution is 2.62. The van der Waals surface area contributed by atoms with Crippen molar-refractivity contribution < 1.29 is 0 Å². The standard InChI is InChI=1S/C37H26N2/c1-3-11-25(12-4-1)26-19-21-28(22-20-26)35-23-34(27-13-5-2-6-14-27)38-36(39-35)37-24-31(29-15-7-9-17-32(29)37)30-16-8-10-18-33(30)37/h1-23,31H,24H2. The molecule has 0 aliphatic heterocycles. The van der Waals surface area contributed by atoms with E-state index in [2.05, 4.69) is 140 Å². The van der Waals surface area contributed by atoms with Crippen molar-refractivity contribution in [2.24, 2.45) is 0 Å². The van der Waals surface area contributed by atoms with Crippen LogP contribution in [-0.4, -0.2) is 9.97 Å². The Balaban J connectivity index is 1.34. The molecule has 2 heteroatoms. The molecule has 0 N–H and O–H groups in total. The SMILES string of the molecule is c1ccc(-c2ccc(-c3cc(-c4ccccc4)nc(C45CC(c6ccccc64)c4ccccc45)n3)cc2)cc1. The van der Waals surface area contributed by atoms with Gasteiger partial charge >= 0.3 is 0 Å². The van der Waals surface area contributed by atoms with E-state index in [0.29, 0.717) is 5.92 Å². The number of fused-ring (bicyclic) bond motifs is 8. The molecule has 0 radical (unpaired) electrons. The van der Waals surface area contributed by atoms with Gasteiger partial charge in [-0.25, -0.2) is 9.97 Å². The lowest BCUT2D eigenvalue weighted by Crippen LogP contribution is -2.28. The third kappa shape index (κ3) is 3.35. The second-order valence-electron chi connectivity index (χ2n) is 10.6. The Labute approximate surface area is 228 Å². The summed E-state index contributed by atoms with van der Waals surface area (Å²) in [5.41, 5.74) is 11.7. The molecule has 0 unspecified atom stereocenters. The van der Waals surface area contributed by atoms with E-state index < -0.39 is 0 Å². The number of rotatable bonds is 4. The first kappa shape index (κ1) is 22.2. The van der Waals surface area contributed by atoms with Crippen LogP contribution in [0.4, 0.5) is 0 Å². The molecule has 1 heterocycles. The van der Waals surface area contributed by atoms with Gasteiger partial charge in [0.25, 0.3) is 0 Å². The van der Waals surface area contributed by atoms with Crippen LogP contribution in [0.1, 0.15) is 40.4 Å². The predicted molar refractivity (Wildman–Crippen MR) is 158 cm³/mol. The fraction of sp³-hybridized carbons (Fsp3) is 0.0811. The summed E-state index contributed by atoms with van der Waals surface area (Å²) in [5, 5.41) is 0. The van der Waals surface area contributed by atoms with Crippen molar-refractivity contribution in [3.05, 3.63) is 168 Å². The first-order valence-electron chi connectivity index (χ1n) is 13.6. The zero-order chi connectivity index (χ0) is 25.8. The predicted octanol–water partition coefficient (Wildman–Crippen LogP) is 8.66. The molecule has 39 heavy (non-hydrogen) atoms. The quantitative estimate of drug-likeness (QED) is 0.243. The number of nitrogens with zero attached hydrogens (tertiary/aromatic N) is 2. The second kappa shape index (κ2) is 8.61. The van der Waals surface area contributed by atoms with E-state index >= 15 is 0 Å². The van der Waals surface area contributed by atoms with E-state index in [4.69, 9.17) is 9.97 Å². The van der Waals surface area contributed by atoms with E-state index in [1.807, 2.05) is 0 Å². The molecule has 0 fully saturated rings. The zero-order valence-corrected chi connectivity index (χ0v) is 21.5. The number of hydrogen-bond acceptors (Lipinski definition) is 2. The Morgan fingerprint density at radius 1 is 0.462 bits per heavy atom. The molecule has 184 valence electrons. The van der Waals surface area contributed by atoms with Crippen molar-refractivity contribution in [3.63, 3.8) is 0 Å². The van der Waals surface area contributed by atoms with Crippen molar-refractivity contribution in [2.75, 3.05) is 0 Å². The summed E-state index contributed by atoms with van der Waals surface area (Å²) in [5.74, 6) is 1.28. The number of hydrogen-bond donors (Lipinski definition) is 0. The highest BCUT2D eigenvalue weighted by Gasteiger charge is 2.55. The number of benzene rings is 5. The molecule has 5 aromatic carbocycles. The molecule has 2 aliphatic carbocycles. The molecule has 2 bridgehead atoms. The third-order valence-corrected chi connectivity index (χ3v) is 8.57. The van der Waals surface area contributed by atoms with Crippen LogP contribution in [0.15, 0.2) is 140 Å². The minimum absolute atomic E-state index is 0.346. The molecular weight excluding hydrogens is 472 g/mol. The highest BCUT2D eigenvalue weighted by atomic mass is 14.9. The van der Waals surface area contributed by atoms with Crippen LogP contribution >= 0.6 is 0 Å². The van der Waals surface area contributed by atoms with Gasteiger partial charge in [-0.05, 0) is 45.9 Å². The normalized spacial score (nSPS) is 18.5. The van der Waals surface area contributed by atoms with Gasteiger partial charge in [0.05, 0.1) is 16.8 Å². The summed E-state index contributed by atoms with van der Waals surface area (Å²) in [6.07, 6.45) is 0.982. The van der Waals surface area contributed by atoms with Gasteiger partial charge in [0.15, 0.2) is 0 Å². The van der Waals surface area contributed by atoms with E-state index in [-0.39, 0.29) is 5.41 Å². The Morgan fingerprint density at radius 3 is 1.49 bits per heavy atom. The fourth-order valence-electron chi connectivity index (χ4n) is 6.78. The summed E-state index contributed by atoms with van der Waals surface area (Å²) in [4.78, 5) is 10.7. The van der Waals surface area contributed by atoms with Crippen molar-refractivity contribution in [2.45, 2.75) is 17.8 Å². The van der Waals surface area contributed by atoms with Gasteiger partial charge in [0, 0.05) is 17.0 Å². The maximum absolute atomic E-state index is 5.37. The van der Waals surface area contributed by atoms with E-state index in [0.717, 1.165) is 34.8 Å². The summed E-state index contributed by atoms with van der Waals surface area (Å²) in [6, 6.07) is 49.7. The third-order valence-electron chi connectivity index (χ3n) is 8.57. The van der Waals surface area contributed by atoms with E-state index in [1.165, 1.54) is 33.4 Å². The molecule has 1 aromatic heterocycles. The van der Waals surface area contributed by atoms with Crippen LogP contribution < -0.4 is 0 Å². The molecule has 0 spiro atoms. The van der Waals surface area contributed by atoms with Crippen molar-refractivity contribution in [1.82, 2.24) is 9.97 Å². The molecule has 8 rings (SSSR count). The second-order valence-corrected chi connectivity index (χ2v) is 10.6. The minimum Gasteiger partial charge on any atom is -0.232 e. The summed E-state index contributed by atoms with van der Waals surface area (Å²) >= 11 is 0. The highest BCUT2D eigenvalue weighted by molar-refractivity contribution is 5.73. The molecule has 2 aliphatic rings. The summed E-state index contributed by atoms with van der Waals surface area (Å²) in [7, 11) is 0. The largest absolute Gasteiger partial charge is 0.232 e. The monoisotopic (exact) mass is 498 g/mol. The Bertz CT molecular complexity index is 1770. The van der Waals surface area contributed by atoms with Gasteiger partial charge in [-0.1, -0.05) is 133 Å². The van der Waals surface area contributed by atoms with Crippen LogP contribution in [0.25, 0.3) is 33.6 Å². The van der Waals surface area contributed by atoms with Crippen molar-refractivity contribution in [3.8, 4) is 33.6 Å². The number of aromatic nitrogens is 2. The van der Waals surface area contributed by atoms with Crippen LogP contribution in [0.2, 0.25) is 0 Å². The molecule has 0 saturated carbocycles. The van der Waals surface area contributed by atoms with Gasteiger partial charge in [0.1, 0.15) is 5.82 Å². The zero-order valence-electron chi connectivity index (χ0n) is 21.5. The topological polar surface area (TPSA) is 25.8 Å². The van der Waals surface area contributed by atoms with Crippen LogP contribution in [0.5, 0.6) is 0 Å². The Kier molecular flexibility index (Phi) is 4.90. The minimum atomic E-state index is -0.346. The van der Waals surface area contributed by atoms with Crippen LogP contribution in [-0.2, 0) is 5.41 Å². The van der Waals surface area contributed by atoms with Gasteiger partial charge < -0.3 is 0 Å². The molecule has 0 saturated heterocycles. The lowest BCUT2D eigenvalue weighted by molar-refractivity contribution is 0.591. The molecule has 2 nitrogen and oxygen atoms in total.